The Hall–Kier alpha value is -3.34. The highest BCUT2D eigenvalue weighted by molar-refractivity contribution is 6.06. The molecule has 0 aliphatic heterocycles. The van der Waals surface area contributed by atoms with Gasteiger partial charge in [0.1, 0.15) is 5.70 Å². The van der Waals surface area contributed by atoms with Gasteiger partial charge < -0.3 is 15.6 Å². The monoisotopic (exact) mass is 387 g/mol. The molecule has 0 unspecified atom stereocenters. The van der Waals surface area contributed by atoms with Crippen LogP contribution >= 0.6 is 0 Å². The minimum absolute atomic E-state index is 0.163. The summed E-state index contributed by atoms with van der Waals surface area (Å²) in [6.45, 7) is 0. The third-order valence-electron chi connectivity index (χ3n) is 5.39. The second kappa shape index (κ2) is 8.78. The molecule has 1 fully saturated rings. The summed E-state index contributed by atoms with van der Waals surface area (Å²) in [5.41, 5.74) is 2.62. The summed E-state index contributed by atoms with van der Waals surface area (Å²) in [6, 6.07) is 17.0. The van der Waals surface area contributed by atoms with Crippen molar-refractivity contribution in [2.45, 2.75) is 38.1 Å². The summed E-state index contributed by atoms with van der Waals surface area (Å²) in [6.07, 6.45) is 9.04. The summed E-state index contributed by atoms with van der Waals surface area (Å²) in [7, 11) is 0. The summed E-state index contributed by atoms with van der Waals surface area (Å²) in [5.74, 6) is -0.540. The number of nitrogens with one attached hydrogen (secondary N) is 3. The van der Waals surface area contributed by atoms with Gasteiger partial charge in [-0.3, -0.25) is 9.59 Å². The molecule has 5 heteroatoms. The van der Waals surface area contributed by atoms with Gasteiger partial charge in [-0.15, -0.1) is 0 Å². The largest absolute Gasteiger partial charge is 0.361 e. The molecule has 2 aromatic carbocycles. The maximum atomic E-state index is 13.0. The molecule has 0 spiro atoms. The maximum absolute atomic E-state index is 13.0. The van der Waals surface area contributed by atoms with E-state index in [1.807, 2.05) is 36.5 Å². The lowest BCUT2D eigenvalue weighted by Crippen LogP contribution is -2.41. The van der Waals surface area contributed by atoms with E-state index in [9.17, 15) is 9.59 Å². The van der Waals surface area contributed by atoms with Gasteiger partial charge in [0.15, 0.2) is 0 Å². The zero-order chi connectivity index (χ0) is 20.1. The van der Waals surface area contributed by atoms with Crippen molar-refractivity contribution in [3.05, 3.63) is 77.6 Å². The Morgan fingerprint density at radius 2 is 1.66 bits per heavy atom. The van der Waals surface area contributed by atoms with Gasteiger partial charge in [-0.1, -0.05) is 55.7 Å². The van der Waals surface area contributed by atoms with Crippen LogP contribution in [0.2, 0.25) is 0 Å². The standard InChI is InChI=1S/C24H25N3O2/c28-23(17-9-3-1-4-10-17)27-22(24(29)26-19-11-5-2-6-12-19)15-18-16-25-21-14-8-7-13-20(18)21/h1,3-4,7-10,13-16,19,25H,2,5-6,11-12H2,(H,26,29)(H,27,28). The molecule has 1 saturated carbocycles. The number of hydrogen-bond acceptors (Lipinski definition) is 2. The number of hydrogen-bond donors (Lipinski definition) is 3. The van der Waals surface area contributed by atoms with Crippen molar-refractivity contribution >= 4 is 28.8 Å². The Balaban J connectivity index is 1.62. The minimum Gasteiger partial charge on any atom is -0.361 e. The molecule has 5 nitrogen and oxygen atoms in total. The van der Waals surface area contributed by atoms with E-state index < -0.39 is 0 Å². The lowest BCUT2D eigenvalue weighted by molar-refractivity contribution is -0.118. The van der Waals surface area contributed by atoms with Gasteiger partial charge >= 0.3 is 0 Å². The summed E-state index contributed by atoms with van der Waals surface area (Å²) in [5, 5.41) is 6.93. The number of aromatic amines is 1. The van der Waals surface area contributed by atoms with E-state index >= 15 is 0 Å². The molecule has 0 saturated heterocycles. The molecule has 3 N–H and O–H groups in total. The summed E-state index contributed by atoms with van der Waals surface area (Å²) < 4.78 is 0. The second-order valence-corrected chi connectivity index (χ2v) is 7.48. The first kappa shape index (κ1) is 19.0. The van der Waals surface area contributed by atoms with Gasteiger partial charge in [0.2, 0.25) is 0 Å². The average molecular weight is 387 g/mol. The molecule has 3 aromatic rings. The van der Waals surface area contributed by atoms with Crippen LogP contribution in [0, 0.1) is 0 Å². The number of para-hydroxylation sites is 1. The molecule has 1 aromatic heterocycles. The van der Waals surface area contributed by atoms with E-state index in [0.29, 0.717) is 5.56 Å². The summed E-state index contributed by atoms with van der Waals surface area (Å²) in [4.78, 5) is 29.0. The number of benzene rings is 2. The van der Waals surface area contributed by atoms with Gasteiger partial charge in [-0.25, -0.2) is 0 Å². The zero-order valence-corrected chi connectivity index (χ0v) is 16.3. The van der Waals surface area contributed by atoms with Crippen LogP contribution < -0.4 is 10.6 Å². The highest BCUT2D eigenvalue weighted by Gasteiger charge is 2.20. The van der Waals surface area contributed by atoms with Crippen molar-refractivity contribution in [1.82, 2.24) is 15.6 Å². The number of rotatable bonds is 5. The highest BCUT2D eigenvalue weighted by Crippen LogP contribution is 2.21. The van der Waals surface area contributed by atoms with Crippen LogP contribution in [0.5, 0.6) is 0 Å². The maximum Gasteiger partial charge on any atom is 0.268 e. The quantitative estimate of drug-likeness (QED) is 0.568. The number of fused-ring (bicyclic) bond motifs is 1. The van der Waals surface area contributed by atoms with Crippen molar-refractivity contribution in [3.8, 4) is 0 Å². The number of amides is 2. The van der Waals surface area contributed by atoms with Gasteiger partial charge in [0.05, 0.1) is 0 Å². The fourth-order valence-electron chi connectivity index (χ4n) is 3.82. The Labute approximate surface area is 170 Å². The molecule has 1 aliphatic carbocycles. The van der Waals surface area contributed by atoms with Crippen LogP contribution in [0.1, 0.15) is 48.0 Å². The number of aromatic nitrogens is 1. The van der Waals surface area contributed by atoms with Crippen molar-refractivity contribution < 1.29 is 9.59 Å². The topological polar surface area (TPSA) is 74.0 Å². The highest BCUT2D eigenvalue weighted by atomic mass is 16.2. The van der Waals surface area contributed by atoms with E-state index in [4.69, 9.17) is 0 Å². The average Bonchev–Trinajstić information content (AvgIpc) is 3.17. The van der Waals surface area contributed by atoms with Gasteiger partial charge in [0.25, 0.3) is 11.8 Å². The summed E-state index contributed by atoms with van der Waals surface area (Å²) >= 11 is 0. The van der Waals surface area contributed by atoms with E-state index in [0.717, 1.165) is 42.1 Å². The van der Waals surface area contributed by atoms with Gasteiger partial charge in [-0.2, -0.15) is 0 Å². The van der Waals surface area contributed by atoms with Crippen molar-refractivity contribution in [2.24, 2.45) is 0 Å². The van der Waals surface area contributed by atoms with Gasteiger partial charge in [-0.05, 0) is 37.1 Å². The van der Waals surface area contributed by atoms with Crippen LogP contribution in [0.25, 0.3) is 17.0 Å². The van der Waals surface area contributed by atoms with Crippen LogP contribution in [0.4, 0.5) is 0 Å². The van der Waals surface area contributed by atoms with E-state index in [-0.39, 0.29) is 23.6 Å². The molecule has 0 radical (unpaired) electrons. The second-order valence-electron chi connectivity index (χ2n) is 7.48. The Bertz CT molecular complexity index is 1030. The Morgan fingerprint density at radius 3 is 2.45 bits per heavy atom. The Kier molecular flexibility index (Phi) is 5.75. The molecule has 148 valence electrons. The molecule has 29 heavy (non-hydrogen) atoms. The first-order valence-electron chi connectivity index (χ1n) is 10.2. The molecular weight excluding hydrogens is 362 g/mol. The lowest BCUT2D eigenvalue weighted by Gasteiger charge is -2.23. The third kappa shape index (κ3) is 4.57. The number of H-pyrrole nitrogens is 1. The van der Waals surface area contributed by atoms with Crippen LogP contribution in [-0.4, -0.2) is 22.8 Å². The Morgan fingerprint density at radius 1 is 0.931 bits per heavy atom. The SMILES string of the molecule is O=C(NC1CCCCC1)C(=Cc1c[nH]c2ccccc12)NC(=O)c1ccccc1. The minimum atomic E-state index is -0.296. The molecule has 4 rings (SSSR count). The van der Waals surface area contributed by atoms with Crippen LogP contribution in [0.3, 0.4) is 0 Å². The number of carbonyl (C=O) groups excluding carboxylic acids is 2. The predicted molar refractivity (Wildman–Crippen MR) is 115 cm³/mol. The zero-order valence-electron chi connectivity index (χ0n) is 16.3. The smallest absolute Gasteiger partial charge is 0.268 e. The fourth-order valence-corrected chi connectivity index (χ4v) is 3.82. The predicted octanol–water partition coefficient (Wildman–Crippen LogP) is 4.39. The fraction of sp³-hybridized carbons (Fsp3) is 0.250. The molecule has 1 heterocycles. The normalized spacial score (nSPS) is 15.2. The first-order chi connectivity index (χ1) is 14.2. The van der Waals surface area contributed by atoms with Crippen molar-refractivity contribution in [3.63, 3.8) is 0 Å². The van der Waals surface area contributed by atoms with Gasteiger partial charge in [0, 0.05) is 34.3 Å². The lowest BCUT2D eigenvalue weighted by atomic mass is 9.95. The van der Waals surface area contributed by atoms with E-state index in [1.54, 1.807) is 30.3 Å². The van der Waals surface area contributed by atoms with Crippen LogP contribution in [0.15, 0.2) is 66.5 Å². The molecule has 0 bridgehead atoms. The molecule has 1 aliphatic rings. The van der Waals surface area contributed by atoms with Crippen LogP contribution in [-0.2, 0) is 4.79 Å². The molecule has 0 atom stereocenters. The molecule has 2 amide bonds. The number of carbonyl (C=O) groups is 2. The third-order valence-corrected chi connectivity index (χ3v) is 5.39. The first-order valence-corrected chi connectivity index (χ1v) is 10.2. The van der Waals surface area contributed by atoms with Crippen molar-refractivity contribution in [2.75, 3.05) is 0 Å². The van der Waals surface area contributed by atoms with E-state index in [2.05, 4.69) is 15.6 Å². The molecular formula is C24H25N3O2. The van der Waals surface area contributed by atoms with E-state index in [1.165, 1.54) is 6.42 Å². The van der Waals surface area contributed by atoms with Crippen molar-refractivity contribution in [1.29, 1.82) is 0 Å².